The van der Waals surface area contributed by atoms with E-state index in [0.717, 1.165) is 6.42 Å². The first kappa shape index (κ1) is 35.4. The lowest BCUT2D eigenvalue weighted by atomic mass is 9.93. The Kier molecular flexibility index (Phi) is 13.7. The molecule has 1 aromatic rings. The van der Waals surface area contributed by atoms with Crippen LogP contribution in [0.3, 0.4) is 0 Å². The van der Waals surface area contributed by atoms with E-state index in [2.05, 4.69) is 21.3 Å². The van der Waals surface area contributed by atoms with Crippen LogP contribution in [0.1, 0.15) is 102 Å². The molecule has 4 N–H and O–H groups in total. The van der Waals surface area contributed by atoms with Gasteiger partial charge in [0.25, 0.3) is 0 Å². The molecule has 0 aromatic heterocycles. The Morgan fingerprint density at radius 1 is 0.956 bits per heavy atom. The number of benzene rings is 1. The third-order valence-corrected chi connectivity index (χ3v) is 8.81. The minimum absolute atomic E-state index is 0.160. The third kappa shape index (κ3) is 9.70. The number of para-hydroxylation sites is 1. The van der Waals surface area contributed by atoms with Gasteiger partial charge in [-0.15, -0.1) is 0 Å². The molecule has 2 aliphatic rings. The van der Waals surface area contributed by atoms with Gasteiger partial charge in [-0.1, -0.05) is 52.2 Å². The number of hydrogen-bond donors (Lipinski definition) is 4. The molecule has 45 heavy (non-hydrogen) atoms. The summed E-state index contributed by atoms with van der Waals surface area (Å²) < 4.78 is 0. The molecule has 3 rings (SSSR count). The Balaban J connectivity index is 1.94. The number of anilines is 1. The molecule has 12 heteroatoms. The molecule has 246 valence electrons. The van der Waals surface area contributed by atoms with Crippen molar-refractivity contribution < 1.29 is 33.6 Å². The Morgan fingerprint density at radius 2 is 1.67 bits per heavy atom. The van der Waals surface area contributed by atoms with E-state index in [0.29, 0.717) is 64.3 Å². The van der Waals surface area contributed by atoms with Gasteiger partial charge in [0.2, 0.25) is 30.0 Å². The lowest BCUT2D eigenvalue weighted by Crippen LogP contribution is -2.64. The van der Waals surface area contributed by atoms with Gasteiger partial charge in [0.1, 0.15) is 30.0 Å². The van der Waals surface area contributed by atoms with E-state index in [1.807, 2.05) is 20.8 Å². The Morgan fingerprint density at radius 3 is 2.38 bits per heavy atom. The molecule has 0 spiro atoms. The minimum atomic E-state index is -1.35. The first-order valence-electron chi connectivity index (χ1n) is 16.2. The molecular weight excluding hydrogens is 578 g/mol. The molecule has 2 saturated heterocycles. The fourth-order valence-electron chi connectivity index (χ4n) is 5.84. The summed E-state index contributed by atoms with van der Waals surface area (Å²) in [4.78, 5) is 92.9. The van der Waals surface area contributed by atoms with Crippen LogP contribution in [0.25, 0.3) is 0 Å². The first-order chi connectivity index (χ1) is 21.6. The van der Waals surface area contributed by atoms with Crippen LogP contribution in [-0.2, 0) is 28.8 Å². The van der Waals surface area contributed by atoms with Crippen LogP contribution in [0.2, 0.25) is 0 Å². The zero-order valence-electron chi connectivity index (χ0n) is 26.6. The second-order valence-electron chi connectivity index (χ2n) is 12.0. The van der Waals surface area contributed by atoms with Crippen LogP contribution in [0.15, 0.2) is 24.3 Å². The molecule has 12 nitrogen and oxygen atoms in total. The SMILES string of the molecule is CCC(=O)CCCCC[C@@H]1NC(=O)[C@H]2CCCCN2C(=O)[C@H](C(C)CC)NC(=O)[C@H](CC(=O)c2ccccc2NC=O)NC1=O. The molecular formula is C33H47N5O7. The monoisotopic (exact) mass is 625 g/mol. The average Bonchev–Trinajstić information content (AvgIpc) is 3.04. The smallest absolute Gasteiger partial charge is 0.246 e. The van der Waals surface area contributed by atoms with E-state index in [-0.39, 0.29) is 35.3 Å². The summed E-state index contributed by atoms with van der Waals surface area (Å²) >= 11 is 0. The molecule has 5 amide bonds. The number of piperidine rings is 1. The van der Waals surface area contributed by atoms with E-state index >= 15 is 0 Å². The van der Waals surface area contributed by atoms with Crippen LogP contribution in [0.5, 0.6) is 0 Å². The van der Waals surface area contributed by atoms with Gasteiger partial charge < -0.3 is 26.2 Å². The van der Waals surface area contributed by atoms with Crippen LogP contribution in [-0.4, -0.2) is 77.2 Å². The van der Waals surface area contributed by atoms with E-state index in [9.17, 15) is 33.6 Å². The predicted octanol–water partition coefficient (Wildman–Crippen LogP) is 2.65. The van der Waals surface area contributed by atoms with Crippen molar-refractivity contribution in [3.05, 3.63) is 29.8 Å². The first-order valence-corrected chi connectivity index (χ1v) is 16.2. The number of hydrogen-bond acceptors (Lipinski definition) is 7. The molecule has 0 bridgehead atoms. The highest BCUT2D eigenvalue weighted by Gasteiger charge is 2.41. The molecule has 1 unspecified atom stereocenters. The summed E-state index contributed by atoms with van der Waals surface area (Å²) in [6.07, 6.45) is 5.49. The quantitative estimate of drug-likeness (QED) is 0.140. The summed E-state index contributed by atoms with van der Waals surface area (Å²) in [5.41, 5.74) is 0.419. The van der Waals surface area contributed by atoms with Gasteiger partial charge in [0.15, 0.2) is 5.78 Å². The van der Waals surface area contributed by atoms with Gasteiger partial charge in [-0.05, 0) is 50.2 Å². The number of carbonyl (C=O) groups is 7. The number of nitrogens with one attached hydrogen (secondary N) is 4. The number of unbranched alkanes of at least 4 members (excludes halogenated alkanes) is 2. The van der Waals surface area contributed by atoms with Gasteiger partial charge in [-0.3, -0.25) is 33.6 Å². The van der Waals surface area contributed by atoms with Gasteiger partial charge >= 0.3 is 0 Å². The lowest BCUT2D eigenvalue weighted by Gasteiger charge is -2.39. The largest absolute Gasteiger partial charge is 0.343 e. The van der Waals surface area contributed by atoms with E-state index in [1.54, 1.807) is 18.2 Å². The topological polar surface area (TPSA) is 171 Å². The predicted molar refractivity (Wildman–Crippen MR) is 168 cm³/mol. The van der Waals surface area contributed by atoms with Crippen molar-refractivity contribution in [1.29, 1.82) is 0 Å². The maximum absolute atomic E-state index is 13.9. The second kappa shape index (κ2) is 17.4. The third-order valence-electron chi connectivity index (χ3n) is 8.81. The Labute approximate surface area is 264 Å². The van der Waals surface area contributed by atoms with Crippen molar-refractivity contribution in [2.24, 2.45) is 5.92 Å². The number of ketones is 2. The van der Waals surface area contributed by atoms with E-state index in [4.69, 9.17) is 0 Å². The highest BCUT2D eigenvalue weighted by atomic mass is 16.2. The zero-order valence-corrected chi connectivity index (χ0v) is 26.6. The average molecular weight is 626 g/mol. The maximum atomic E-state index is 13.9. The Bertz CT molecular complexity index is 1250. The molecule has 2 heterocycles. The molecule has 0 saturated carbocycles. The summed E-state index contributed by atoms with van der Waals surface area (Å²) in [7, 11) is 0. The number of fused-ring (bicyclic) bond motifs is 1. The fourth-order valence-corrected chi connectivity index (χ4v) is 5.84. The molecule has 5 atom stereocenters. The summed E-state index contributed by atoms with van der Waals surface area (Å²) in [6.45, 7) is 5.89. The zero-order chi connectivity index (χ0) is 32.9. The van der Waals surface area contributed by atoms with Crippen molar-refractivity contribution in [3.8, 4) is 0 Å². The molecule has 1 aromatic carbocycles. The highest BCUT2D eigenvalue weighted by Crippen LogP contribution is 2.23. The summed E-state index contributed by atoms with van der Waals surface area (Å²) in [6, 6.07) is 2.22. The second-order valence-corrected chi connectivity index (χ2v) is 12.0. The van der Waals surface area contributed by atoms with Crippen LogP contribution in [0, 0.1) is 5.92 Å². The highest BCUT2D eigenvalue weighted by molar-refractivity contribution is 6.06. The van der Waals surface area contributed by atoms with Crippen molar-refractivity contribution in [2.75, 3.05) is 11.9 Å². The molecule has 2 fully saturated rings. The van der Waals surface area contributed by atoms with E-state index < -0.39 is 54.1 Å². The molecule has 0 aliphatic carbocycles. The number of nitrogens with zero attached hydrogens (tertiary/aromatic N) is 1. The van der Waals surface area contributed by atoms with Crippen molar-refractivity contribution in [1.82, 2.24) is 20.9 Å². The number of rotatable bonds is 14. The van der Waals surface area contributed by atoms with Crippen molar-refractivity contribution in [3.63, 3.8) is 0 Å². The maximum Gasteiger partial charge on any atom is 0.246 e. The van der Waals surface area contributed by atoms with Crippen LogP contribution < -0.4 is 21.3 Å². The van der Waals surface area contributed by atoms with Crippen molar-refractivity contribution >= 4 is 47.3 Å². The number of Topliss-reactive ketones (excluding diaryl/α,β-unsaturated/α-hetero) is 2. The number of carbonyl (C=O) groups excluding carboxylic acids is 7. The molecule has 2 aliphatic heterocycles. The standard InChI is InChI=1S/C33H47N5O7/c1-4-21(3)29-33(45)38-18-12-11-17-27(38)32(44)35-25(16-8-6-7-13-22(40)5-2)30(42)36-26(31(43)37-29)19-28(41)23-14-9-10-15-24(23)34-20-39/h9-10,14-15,20-21,25-27,29H,4-8,11-13,16-19H2,1-3H3,(H,34,39)(H,35,44)(H,36,42)(H,37,43)/t21?,25-,26-,27+,29-/m0/s1. The van der Waals surface area contributed by atoms with Crippen LogP contribution in [0.4, 0.5) is 5.69 Å². The fraction of sp³-hybridized carbons (Fsp3) is 0.606. The Hall–Kier alpha value is -4.09. The lowest BCUT2D eigenvalue weighted by molar-refractivity contribution is -0.147. The van der Waals surface area contributed by atoms with Crippen LogP contribution >= 0.6 is 0 Å². The number of amides is 5. The van der Waals surface area contributed by atoms with Gasteiger partial charge in [-0.2, -0.15) is 0 Å². The van der Waals surface area contributed by atoms with Crippen molar-refractivity contribution in [2.45, 2.75) is 116 Å². The normalized spacial score (nSPS) is 23.3. The van der Waals surface area contributed by atoms with Gasteiger partial charge in [-0.25, -0.2) is 0 Å². The van der Waals surface area contributed by atoms with Gasteiger partial charge in [0, 0.05) is 31.4 Å². The summed E-state index contributed by atoms with van der Waals surface area (Å²) in [5, 5.41) is 10.8. The molecule has 0 radical (unpaired) electrons. The minimum Gasteiger partial charge on any atom is -0.343 e. The van der Waals surface area contributed by atoms with Gasteiger partial charge in [0.05, 0.1) is 5.69 Å². The van der Waals surface area contributed by atoms with E-state index in [1.165, 1.54) is 11.0 Å². The summed E-state index contributed by atoms with van der Waals surface area (Å²) in [5.74, 6) is -2.73.